The van der Waals surface area contributed by atoms with Gasteiger partial charge in [0.05, 0.1) is 0 Å². The van der Waals surface area contributed by atoms with Crippen LogP contribution in [0.3, 0.4) is 0 Å². The molecule has 1 unspecified atom stereocenters. The van der Waals surface area contributed by atoms with Crippen molar-refractivity contribution in [2.45, 2.75) is 13.2 Å². The number of aliphatic hydroxyl groups excluding tert-OH is 1. The third kappa shape index (κ3) is 8.52. The van der Waals surface area contributed by atoms with Crippen LogP contribution in [0.2, 0.25) is 0 Å². The van der Waals surface area contributed by atoms with Crippen molar-refractivity contribution < 1.29 is 19.7 Å². The van der Waals surface area contributed by atoms with E-state index in [1.165, 1.54) is 0 Å². The summed E-state index contributed by atoms with van der Waals surface area (Å²) in [6, 6.07) is 9.21. The average molecular weight is 210 g/mol. The minimum absolute atomic E-state index is 0.692. The first-order chi connectivity index (χ1) is 7.06. The molecule has 0 amide bonds. The molecule has 0 aliphatic carbocycles. The van der Waals surface area contributed by atoms with E-state index in [0.29, 0.717) is 5.75 Å². The van der Waals surface area contributed by atoms with Crippen LogP contribution >= 0.6 is 0 Å². The number of hydrogen-bond acceptors (Lipinski definition) is 3. The fourth-order valence-corrected chi connectivity index (χ4v) is 0.696. The molecule has 1 aromatic carbocycles. The fourth-order valence-electron chi connectivity index (χ4n) is 0.696. The molecule has 1 rings (SSSR count). The van der Waals surface area contributed by atoms with E-state index in [4.69, 9.17) is 14.9 Å². The van der Waals surface area contributed by atoms with Crippen LogP contribution in [0.25, 0.3) is 0 Å². The highest BCUT2D eigenvalue weighted by Crippen LogP contribution is 2.08. The largest absolute Gasteiger partial charge is 0.478 e. The van der Waals surface area contributed by atoms with Crippen LogP contribution in [-0.2, 0) is 4.79 Å². The lowest BCUT2D eigenvalue weighted by atomic mass is 10.3. The van der Waals surface area contributed by atoms with Gasteiger partial charge in [0, 0.05) is 6.08 Å². The molecule has 0 aliphatic heterocycles. The summed E-state index contributed by atoms with van der Waals surface area (Å²) in [4.78, 5) is 9.25. The second-order valence-corrected chi connectivity index (χ2v) is 2.57. The van der Waals surface area contributed by atoms with Crippen molar-refractivity contribution in [3.8, 4) is 5.75 Å². The predicted molar refractivity (Wildman–Crippen MR) is 56.6 cm³/mol. The number of para-hydroxylation sites is 1. The standard InChI is InChI=1S/C8H10O2.C3H4O2/c1-7(9)10-8-5-3-2-4-6-8;1-2-3(4)5/h2-7,9H,1H3;2H,1H2,(H,4,5). The maximum atomic E-state index is 9.25. The number of hydrogen-bond donors (Lipinski definition) is 2. The molecule has 0 aromatic heterocycles. The van der Waals surface area contributed by atoms with Crippen molar-refractivity contribution >= 4 is 5.97 Å². The molecule has 1 atom stereocenters. The van der Waals surface area contributed by atoms with Gasteiger partial charge >= 0.3 is 5.97 Å². The van der Waals surface area contributed by atoms with Gasteiger partial charge in [0.25, 0.3) is 0 Å². The Balaban J connectivity index is 0.000000336. The van der Waals surface area contributed by atoms with E-state index < -0.39 is 12.3 Å². The number of carbonyl (C=O) groups is 1. The zero-order chi connectivity index (χ0) is 11.7. The first-order valence-electron chi connectivity index (χ1n) is 4.31. The van der Waals surface area contributed by atoms with Crippen LogP contribution in [0, 0.1) is 0 Å². The molecular formula is C11H14O4. The number of aliphatic carboxylic acids is 1. The van der Waals surface area contributed by atoms with Gasteiger partial charge in [-0.15, -0.1) is 0 Å². The Morgan fingerprint density at radius 2 is 1.93 bits per heavy atom. The Morgan fingerprint density at radius 3 is 2.27 bits per heavy atom. The Kier molecular flexibility index (Phi) is 6.67. The van der Waals surface area contributed by atoms with E-state index in [9.17, 15) is 4.79 Å². The Hall–Kier alpha value is -1.81. The summed E-state index contributed by atoms with van der Waals surface area (Å²) in [5.41, 5.74) is 0. The second kappa shape index (κ2) is 7.58. The third-order valence-electron chi connectivity index (χ3n) is 1.22. The van der Waals surface area contributed by atoms with Crippen molar-refractivity contribution in [1.29, 1.82) is 0 Å². The molecule has 0 bridgehead atoms. The summed E-state index contributed by atoms with van der Waals surface area (Å²) in [6.45, 7) is 4.54. The summed E-state index contributed by atoms with van der Waals surface area (Å²) < 4.78 is 4.97. The van der Waals surface area contributed by atoms with Gasteiger partial charge < -0.3 is 14.9 Å². The van der Waals surface area contributed by atoms with E-state index >= 15 is 0 Å². The van der Waals surface area contributed by atoms with E-state index in [1.54, 1.807) is 19.1 Å². The van der Waals surface area contributed by atoms with Gasteiger partial charge in [0.15, 0.2) is 6.29 Å². The number of carboxylic acid groups (broad SMARTS) is 1. The third-order valence-corrected chi connectivity index (χ3v) is 1.22. The summed E-state index contributed by atoms with van der Waals surface area (Å²) in [7, 11) is 0. The smallest absolute Gasteiger partial charge is 0.327 e. The number of carboxylic acids is 1. The average Bonchev–Trinajstić information content (AvgIpc) is 2.19. The molecule has 0 radical (unpaired) electrons. The molecule has 0 heterocycles. The molecule has 0 aliphatic rings. The number of ether oxygens (including phenoxy) is 1. The van der Waals surface area contributed by atoms with E-state index in [0.717, 1.165) is 6.08 Å². The Morgan fingerprint density at radius 1 is 1.47 bits per heavy atom. The summed E-state index contributed by atoms with van der Waals surface area (Å²) in [5.74, 6) is -0.289. The van der Waals surface area contributed by atoms with Gasteiger partial charge in [-0.05, 0) is 19.1 Å². The van der Waals surface area contributed by atoms with Gasteiger partial charge in [-0.25, -0.2) is 4.79 Å². The van der Waals surface area contributed by atoms with Crippen LogP contribution in [-0.4, -0.2) is 22.5 Å². The van der Waals surface area contributed by atoms with Crippen LogP contribution < -0.4 is 4.74 Å². The number of benzene rings is 1. The van der Waals surface area contributed by atoms with Crippen molar-refractivity contribution in [3.63, 3.8) is 0 Å². The fraction of sp³-hybridized carbons (Fsp3) is 0.182. The second-order valence-electron chi connectivity index (χ2n) is 2.57. The molecular weight excluding hydrogens is 196 g/mol. The van der Waals surface area contributed by atoms with E-state index in [1.807, 2.05) is 18.2 Å². The molecule has 4 nitrogen and oxygen atoms in total. The Bertz CT molecular complexity index is 293. The minimum atomic E-state index is -0.981. The molecule has 82 valence electrons. The van der Waals surface area contributed by atoms with Crippen molar-refractivity contribution in [3.05, 3.63) is 43.0 Å². The SMILES string of the molecule is C=CC(=O)O.CC(O)Oc1ccccc1. The molecule has 4 heteroatoms. The van der Waals surface area contributed by atoms with Crippen LogP contribution in [0.1, 0.15) is 6.92 Å². The monoisotopic (exact) mass is 210 g/mol. The normalized spacial score (nSPS) is 10.5. The van der Waals surface area contributed by atoms with Gasteiger partial charge in [0.1, 0.15) is 5.75 Å². The van der Waals surface area contributed by atoms with Gasteiger partial charge in [-0.3, -0.25) is 0 Å². The predicted octanol–water partition coefficient (Wildman–Crippen LogP) is 1.66. The Labute approximate surface area is 88.4 Å². The highest BCUT2D eigenvalue weighted by Gasteiger charge is 1.94. The zero-order valence-corrected chi connectivity index (χ0v) is 8.46. The molecule has 0 fully saturated rings. The highest BCUT2D eigenvalue weighted by molar-refractivity contribution is 5.78. The van der Waals surface area contributed by atoms with Crippen LogP contribution in [0.15, 0.2) is 43.0 Å². The molecule has 15 heavy (non-hydrogen) atoms. The number of rotatable bonds is 3. The molecule has 1 aromatic rings. The number of aliphatic hydroxyl groups is 1. The van der Waals surface area contributed by atoms with Gasteiger partial charge in [-0.1, -0.05) is 24.8 Å². The lowest BCUT2D eigenvalue weighted by Crippen LogP contribution is -2.08. The summed E-state index contributed by atoms with van der Waals surface area (Å²) in [6.07, 6.45) is 0.0994. The maximum absolute atomic E-state index is 9.25. The quantitative estimate of drug-likeness (QED) is 0.588. The topological polar surface area (TPSA) is 66.8 Å². The highest BCUT2D eigenvalue weighted by atomic mass is 16.6. The first-order valence-corrected chi connectivity index (χ1v) is 4.31. The zero-order valence-electron chi connectivity index (χ0n) is 8.46. The summed E-state index contributed by atoms with van der Waals surface area (Å²) in [5, 5.41) is 16.4. The molecule has 0 saturated carbocycles. The van der Waals surface area contributed by atoms with Gasteiger partial charge in [-0.2, -0.15) is 0 Å². The molecule has 2 N–H and O–H groups in total. The lowest BCUT2D eigenvalue weighted by Gasteiger charge is -2.06. The molecule has 0 saturated heterocycles. The van der Waals surface area contributed by atoms with Crippen LogP contribution in [0.5, 0.6) is 5.75 Å². The van der Waals surface area contributed by atoms with E-state index in [-0.39, 0.29) is 0 Å². The van der Waals surface area contributed by atoms with Gasteiger partial charge in [0.2, 0.25) is 0 Å². The van der Waals surface area contributed by atoms with Crippen molar-refractivity contribution in [2.24, 2.45) is 0 Å². The van der Waals surface area contributed by atoms with Crippen molar-refractivity contribution in [2.75, 3.05) is 0 Å². The van der Waals surface area contributed by atoms with Crippen LogP contribution in [0.4, 0.5) is 0 Å². The molecule has 0 spiro atoms. The maximum Gasteiger partial charge on any atom is 0.327 e. The van der Waals surface area contributed by atoms with E-state index in [2.05, 4.69) is 6.58 Å². The minimum Gasteiger partial charge on any atom is -0.478 e. The lowest BCUT2D eigenvalue weighted by molar-refractivity contribution is -0.131. The summed E-state index contributed by atoms with van der Waals surface area (Å²) >= 11 is 0. The first kappa shape index (κ1) is 13.2. The van der Waals surface area contributed by atoms with Crippen molar-refractivity contribution in [1.82, 2.24) is 0 Å².